The van der Waals surface area contributed by atoms with E-state index in [1.54, 1.807) is 0 Å². The molecule has 5 heteroatoms. The quantitative estimate of drug-likeness (QED) is 0.847. The van der Waals surface area contributed by atoms with Crippen LogP contribution >= 0.6 is 11.8 Å². The highest BCUT2D eigenvalue weighted by Gasteiger charge is 2.35. The van der Waals surface area contributed by atoms with Crippen LogP contribution in [-0.4, -0.2) is 32.3 Å². The van der Waals surface area contributed by atoms with Crippen molar-refractivity contribution in [1.29, 1.82) is 0 Å². The minimum Gasteiger partial charge on any atom is -0.317 e. The molecule has 1 fully saturated rings. The Morgan fingerprint density at radius 2 is 2.19 bits per heavy atom. The number of nitrogens with zero attached hydrogens (tertiary/aromatic N) is 3. The van der Waals surface area contributed by atoms with E-state index in [-0.39, 0.29) is 0 Å². The Morgan fingerprint density at radius 3 is 2.62 bits per heavy atom. The summed E-state index contributed by atoms with van der Waals surface area (Å²) in [6.07, 6.45) is 6.29. The van der Waals surface area contributed by atoms with Gasteiger partial charge in [-0.25, -0.2) is 0 Å². The molecule has 1 aliphatic carbocycles. The van der Waals surface area contributed by atoms with Crippen molar-refractivity contribution in [1.82, 2.24) is 20.1 Å². The van der Waals surface area contributed by atoms with Crippen molar-refractivity contribution in [2.75, 3.05) is 12.8 Å². The molecule has 0 amide bonds. The average molecular weight is 240 g/mol. The zero-order valence-corrected chi connectivity index (χ0v) is 11.1. The second-order valence-electron chi connectivity index (χ2n) is 4.57. The first-order valence-corrected chi connectivity index (χ1v) is 7.00. The van der Waals surface area contributed by atoms with E-state index in [0.29, 0.717) is 4.75 Å². The van der Waals surface area contributed by atoms with Crippen molar-refractivity contribution in [3.63, 3.8) is 0 Å². The summed E-state index contributed by atoms with van der Waals surface area (Å²) >= 11 is 2.00. The molecule has 2 rings (SSSR count). The Kier molecular flexibility index (Phi) is 3.54. The summed E-state index contributed by atoms with van der Waals surface area (Å²) in [5.41, 5.74) is 0. The first kappa shape index (κ1) is 11.9. The normalized spacial score (nSPS) is 18.4. The van der Waals surface area contributed by atoms with E-state index < -0.39 is 0 Å². The number of nitrogens with one attached hydrogen (secondary N) is 1. The van der Waals surface area contributed by atoms with Crippen LogP contribution < -0.4 is 5.32 Å². The van der Waals surface area contributed by atoms with Crippen molar-refractivity contribution in [3.8, 4) is 0 Å². The fraction of sp³-hybridized carbons (Fsp3) is 0.818. The van der Waals surface area contributed by atoms with Crippen LogP contribution in [0.25, 0.3) is 0 Å². The molecule has 0 radical (unpaired) electrons. The van der Waals surface area contributed by atoms with Gasteiger partial charge in [0.15, 0.2) is 0 Å². The van der Waals surface area contributed by atoms with Crippen molar-refractivity contribution >= 4 is 11.8 Å². The Bertz CT molecular complexity index is 351. The SMILES string of the molecule is CSC1(CNCc2nnc(C)n2C)CCC1. The molecule has 1 saturated carbocycles. The molecule has 0 aromatic carbocycles. The van der Waals surface area contributed by atoms with Gasteiger partial charge in [0, 0.05) is 18.3 Å². The highest BCUT2D eigenvalue weighted by molar-refractivity contribution is 8.00. The molecule has 90 valence electrons. The Balaban J connectivity index is 1.82. The van der Waals surface area contributed by atoms with Crippen LogP contribution in [0.5, 0.6) is 0 Å². The monoisotopic (exact) mass is 240 g/mol. The van der Waals surface area contributed by atoms with Gasteiger partial charge in [0.25, 0.3) is 0 Å². The van der Waals surface area contributed by atoms with Crippen molar-refractivity contribution in [3.05, 3.63) is 11.6 Å². The van der Waals surface area contributed by atoms with Crippen LogP contribution in [0.3, 0.4) is 0 Å². The first-order valence-electron chi connectivity index (χ1n) is 5.78. The van der Waals surface area contributed by atoms with Gasteiger partial charge in [0.05, 0.1) is 6.54 Å². The lowest BCUT2D eigenvalue weighted by Crippen LogP contribution is -2.43. The van der Waals surface area contributed by atoms with Gasteiger partial charge in [-0.15, -0.1) is 10.2 Å². The third-order valence-corrected chi connectivity index (χ3v) is 5.03. The topological polar surface area (TPSA) is 42.7 Å². The van der Waals surface area contributed by atoms with E-state index in [2.05, 4.69) is 21.8 Å². The highest BCUT2D eigenvalue weighted by Crippen LogP contribution is 2.42. The van der Waals surface area contributed by atoms with E-state index in [1.165, 1.54) is 19.3 Å². The fourth-order valence-electron chi connectivity index (χ4n) is 2.03. The summed E-state index contributed by atoms with van der Waals surface area (Å²) in [5.74, 6) is 1.99. The van der Waals surface area contributed by atoms with E-state index in [9.17, 15) is 0 Å². The predicted molar refractivity (Wildman–Crippen MR) is 67.5 cm³/mol. The summed E-state index contributed by atoms with van der Waals surface area (Å²) < 4.78 is 2.53. The molecule has 0 spiro atoms. The summed E-state index contributed by atoms with van der Waals surface area (Å²) in [6.45, 7) is 3.88. The number of aryl methyl sites for hydroxylation is 1. The van der Waals surface area contributed by atoms with Crippen LogP contribution in [-0.2, 0) is 13.6 Å². The van der Waals surface area contributed by atoms with Crippen LogP contribution in [0.4, 0.5) is 0 Å². The summed E-state index contributed by atoms with van der Waals surface area (Å²) in [5, 5.41) is 11.7. The average Bonchev–Trinajstić information content (AvgIpc) is 2.53. The Hall–Kier alpha value is -0.550. The Labute approximate surface area is 101 Å². The lowest BCUT2D eigenvalue weighted by molar-refractivity contribution is 0.343. The molecule has 1 heterocycles. The van der Waals surface area contributed by atoms with E-state index in [1.807, 2.05) is 30.3 Å². The maximum absolute atomic E-state index is 4.15. The maximum atomic E-state index is 4.15. The lowest BCUT2D eigenvalue weighted by atomic mass is 9.84. The number of rotatable bonds is 5. The molecule has 4 nitrogen and oxygen atoms in total. The van der Waals surface area contributed by atoms with Gasteiger partial charge in [-0.1, -0.05) is 6.42 Å². The number of thioether (sulfide) groups is 1. The van der Waals surface area contributed by atoms with Gasteiger partial charge in [-0.05, 0) is 26.0 Å². The molecule has 0 atom stereocenters. The number of hydrogen-bond donors (Lipinski definition) is 1. The smallest absolute Gasteiger partial charge is 0.146 e. The van der Waals surface area contributed by atoms with Gasteiger partial charge >= 0.3 is 0 Å². The van der Waals surface area contributed by atoms with Crippen LogP contribution in [0, 0.1) is 6.92 Å². The molecule has 0 bridgehead atoms. The second-order valence-corrected chi connectivity index (χ2v) is 5.84. The number of aromatic nitrogens is 3. The minimum absolute atomic E-state index is 0.494. The maximum Gasteiger partial charge on any atom is 0.146 e. The second kappa shape index (κ2) is 4.75. The van der Waals surface area contributed by atoms with Gasteiger partial charge < -0.3 is 9.88 Å². The third-order valence-electron chi connectivity index (χ3n) is 3.61. The third kappa shape index (κ3) is 2.25. The van der Waals surface area contributed by atoms with Gasteiger partial charge in [-0.2, -0.15) is 11.8 Å². The molecule has 1 aromatic heterocycles. The van der Waals surface area contributed by atoms with Crippen molar-refractivity contribution < 1.29 is 0 Å². The largest absolute Gasteiger partial charge is 0.317 e. The summed E-state index contributed by atoms with van der Waals surface area (Å²) in [6, 6.07) is 0. The molecule has 0 unspecified atom stereocenters. The summed E-state index contributed by atoms with van der Waals surface area (Å²) in [7, 11) is 2.01. The first-order chi connectivity index (χ1) is 7.67. The molecule has 1 aromatic rings. The Morgan fingerprint density at radius 1 is 1.44 bits per heavy atom. The van der Waals surface area contributed by atoms with Gasteiger partial charge in [0.2, 0.25) is 0 Å². The molecular formula is C11H20N4S. The highest BCUT2D eigenvalue weighted by atomic mass is 32.2. The van der Waals surface area contributed by atoms with Gasteiger partial charge in [0.1, 0.15) is 11.6 Å². The molecule has 0 saturated heterocycles. The van der Waals surface area contributed by atoms with E-state index in [4.69, 9.17) is 0 Å². The number of hydrogen-bond acceptors (Lipinski definition) is 4. The van der Waals surface area contributed by atoms with E-state index in [0.717, 1.165) is 24.7 Å². The van der Waals surface area contributed by atoms with Crippen LogP contribution in [0.1, 0.15) is 30.9 Å². The molecule has 16 heavy (non-hydrogen) atoms. The standard InChI is InChI=1S/C11H20N4S/c1-9-13-14-10(15(9)2)7-12-8-11(16-3)5-4-6-11/h12H,4-8H2,1-3H3. The van der Waals surface area contributed by atoms with Crippen molar-refractivity contribution in [2.45, 2.75) is 37.5 Å². The van der Waals surface area contributed by atoms with Crippen LogP contribution in [0.15, 0.2) is 0 Å². The molecule has 1 aliphatic rings. The zero-order valence-electron chi connectivity index (χ0n) is 10.3. The fourth-order valence-corrected chi connectivity index (χ4v) is 2.97. The van der Waals surface area contributed by atoms with Crippen LogP contribution in [0.2, 0.25) is 0 Å². The predicted octanol–water partition coefficient (Wildman–Crippen LogP) is 1.50. The summed E-state index contributed by atoms with van der Waals surface area (Å²) in [4.78, 5) is 0. The lowest BCUT2D eigenvalue weighted by Gasteiger charge is -2.40. The molecule has 0 aliphatic heterocycles. The molecule has 1 N–H and O–H groups in total. The van der Waals surface area contributed by atoms with Crippen molar-refractivity contribution in [2.24, 2.45) is 7.05 Å². The molecular weight excluding hydrogens is 220 g/mol. The van der Waals surface area contributed by atoms with E-state index >= 15 is 0 Å². The minimum atomic E-state index is 0.494. The zero-order chi connectivity index (χ0) is 11.6. The van der Waals surface area contributed by atoms with Gasteiger partial charge in [-0.3, -0.25) is 0 Å².